The summed E-state index contributed by atoms with van der Waals surface area (Å²) in [5.41, 5.74) is 6.81. The van der Waals surface area contributed by atoms with Crippen LogP contribution in [0.4, 0.5) is 0 Å². The minimum atomic E-state index is -0.312. The zero-order valence-corrected chi connectivity index (χ0v) is 22.3. The van der Waals surface area contributed by atoms with Crippen LogP contribution in [0.25, 0.3) is 10.8 Å². The molecule has 6 bridgehead atoms. The molecule has 4 aromatic carbocycles. The van der Waals surface area contributed by atoms with E-state index < -0.39 is 0 Å². The Morgan fingerprint density at radius 1 is 0.667 bits per heavy atom. The van der Waals surface area contributed by atoms with Gasteiger partial charge in [0.2, 0.25) is 0 Å². The zero-order valence-electron chi connectivity index (χ0n) is 22.3. The molecular weight excluding hydrogens is 476 g/mol. The van der Waals surface area contributed by atoms with Gasteiger partial charge in [0.25, 0.3) is 0 Å². The van der Waals surface area contributed by atoms with E-state index in [1.54, 1.807) is 0 Å². The number of benzene rings is 4. The van der Waals surface area contributed by atoms with Crippen LogP contribution in [0.3, 0.4) is 0 Å². The van der Waals surface area contributed by atoms with Gasteiger partial charge in [0.1, 0.15) is 5.60 Å². The molecule has 0 heterocycles. The lowest BCUT2D eigenvalue weighted by molar-refractivity contribution is -0.196. The van der Waals surface area contributed by atoms with Gasteiger partial charge >= 0.3 is 5.97 Å². The second-order valence-corrected chi connectivity index (χ2v) is 13.5. The molecule has 4 saturated carbocycles. The third-order valence-electron chi connectivity index (χ3n) is 11.3. The van der Waals surface area contributed by atoms with Crippen molar-refractivity contribution < 1.29 is 9.53 Å². The standard InChI is InChI=1S/C37H34O2/c38-35(32-17-31-27-11-3-5-13-29(27)34(32)30-14-6-4-12-28(30)31)39-37-20-23-16-24(21-37)19-36(18-23,22-37)33-15-7-9-25-8-1-2-10-26(25)33/h1-15,23-24,31-32,34H,16-22H2. The molecule has 4 fully saturated rings. The minimum absolute atomic E-state index is 0.0593. The molecule has 3 unspecified atom stereocenters. The van der Waals surface area contributed by atoms with Gasteiger partial charge < -0.3 is 4.74 Å². The molecule has 194 valence electrons. The third-order valence-corrected chi connectivity index (χ3v) is 11.3. The number of rotatable bonds is 3. The molecule has 11 rings (SSSR count). The summed E-state index contributed by atoms with van der Waals surface area (Å²) >= 11 is 0. The molecule has 39 heavy (non-hydrogen) atoms. The second-order valence-electron chi connectivity index (χ2n) is 13.5. The SMILES string of the molecule is O=C(OC12CC3CC(C1)CC(c1cccc4ccccc14)(C3)C2)C1CC2c3ccccc3C1c1ccccc12. The number of esters is 1. The van der Waals surface area contributed by atoms with Crippen molar-refractivity contribution in [3.63, 3.8) is 0 Å². The zero-order chi connectivity index (χ0) is 25.8. The fourth-order valence-electron chi connectivity index (χ4n) is 10.5. The number of carbonyl (C=O) groups excluding carboxylic acids is 1. The first-order chi connectivity index (χ1) is 19.1. The molecular formula is C37H34O2. The lowest BCUT2D eigenvalue weighted by Crippen LogP contribution is -2.59. The predicted molar refractivity (Wildman–Crippen MR) is 154 cm³/mol. The van der Waals surface area contributed by atoms with E-state index in [-0.39, 0.29) is 28.8 Å². The van der Waals surface area contributed by atoms with E-state index in [1.165, 1.54) is 57.9 Å². The Bertz CT molecular complexity index is 1580. The number of ether oxygens (including phenoxy) is 1. The normalized spacial score (nSPS) is 35.0. The summed E-state index contributed by atoms with van der Waals surface area (Å²) in [5, 5.41) is 2.72. The molecule has 7 aliphatic carbocycles. The Balaban J connectivity index is 1.09. The first-order valence-corrected chi connectivity index (χ1v) is 15.0. The average Bonchev–Trinajstić information content (AvgIpc) is 2.96. The van der Waals surface area contributed by atoms with E-state index in [9.17, 15) is 4.79 Å². The molecule has 2 nitrogen and oxygen atoms in total. The summed E-state index contributed by atoms with van der Waals surface area (Å²) in [5.74, 6) is 1.67. The number of hydrogen-bond acceptors (Lipinski definition) is 2. The van der Waals surface area contributed by atoms with E-state index >= 15 is 0 Å². The maximum atomic E-state index is 14.3. The fraction of sp³-hybridized carbons (Fsp3) is 0.378. The third kappa shape index (κ3) is 3.12. The van der Waals surface area contributed by atoms with Crippen molar-refractivity contribution in [2.75, 3.05) is 0 Å². The highest BCUT2D eigenvalue weighted by Crippen LogP contribution is 2.65. The molecule has 0 spiro atoms. The topological polar surface area (TPSA) is 26.3 Å². The van der Waals surface area contributed by atoms with Crippen LogP contribution >= 0.6 is 0 Å². The van der Waals surface area contributed by atoms with E-state index in [0.29, 0.717) is 17.8 Å². The quantitative estimate of drug-likeness (QED) is 0.259. The Kier molecular flexibility index (Phi) is 4.51. The Morgan fingerprint density at radius 3 is 2.00 bits per heavy atom. The predicted octanol–water partition coefficient (Wildman–Crippen LogP) is 8.27. The Hall–Kier alpha value is -3.39. The van der Waals surface area contributed by atoms with Crippen LogP contribution in [0.5, 0.6) is 0 Å². The first kappa shape index (κ1) is 22.4. The first-order valence-electron chi connectivity index (χ1n) is 15.0. The van der Waals surface area contributed by atoms with Crippen molar-refractivity contribution in [2.24, 2.45) is 17.8 Å². The van der Waals surface area contributed by atoms with Crippen molar-refractivity contribution >= 4 is 16.7 Å². The van der Waals surface area contributed by atoms with Crippen molar-refractivity contribution in [3.05, 3.63) is 119 Å². The van der Waals surface area contributed by atoms with E-state index in [1.807, 2.05) is 0 Å². The van der Waals surface area contributed by atoms with Crippen molar-refractivity contribution in [1.82, 2.24) is 0 Å². The molecule has 0 N–H and O–H groups in total. The Morgan fingerprint density at radius 2 is 1.28 bits per heavy atom. The van der Waals surface area contributed by atoms with Gasteiger partial charge in [-0.3, -0.25) is 4.79 Å². The van der Waals surface area contributed by atoms with E-state index in [0.717, 1.165) is 25.7 Å². The molecule has 4 aromatic rings. The molecule has 0 aromatic heterocycles. The van der Waals surface area contributed by atoms with Gasteiger partial charge in [0.15, 0.2) is 0 Å². The maximum Gasteiger partial charge on any atom is 0.310 e. The van der Waals surface area contributed by atoms with Crippen LogP contribution in [-0.4, -0.2) is 11.6 Å². The summed E-state index contributed by atoms with van der Waals surface area (Å²) in [6.07, 6.45) is 7.75. The number of hydrogen-bond donors (Lipinski definition) is 0. The van der Waals surface area contributed by atoms with Crippen LogP contribution in [0.1, 0.15) is 84.6 Å². The summed E-state index contributed by atoms with van der Waals surface area (Å²) in [7, 11) is 0. The smallest absolute Gasteiger partial charge is 0.310 e. The van der Waals surface area contributed by atoms with E-state index in [4.69, 9.17) is 4.74 Å². The summed E-state index contributed by atoms with van der Waals surface area (Å²) in [6.45, 7) is 0. The highest BCUT2D eigenvalue weighted by molar-refractivity contribution is 5.87. The summed E-state index contributed by atoms with van der Waals surface area (Å²) in [4.78, 5) is 14.3. The Labute approximate surface area is 230 Å². The van der Waals surface area contributed by atoms with Gasteiger partial charge in [0, 0.05) is 17.3 Å². The maximum absolute atomic E-state index is 14.3. The summed E-state index contributed by atoms with van der Waals surface area (Å²) in [6, 6.07) is 33.3. The molecule has 0 aliphatic heterocycles. The van der Waals surface area contributed by atoms with Crippen LogP contribution < -0.4 is 0 Å². The lowest BCUT2D eigenvalue weighted by atomic mass is 9.46. The van der Waals surface area contributed by atoms with Gasteiger partial charge in [-0.1, -0.05) is 91.0 Å². The summed E-state index contributed by atoms with van der Waals surface area (Å²) < 4.78 is 6.89. The van der Waals surface area contributed by atoms with Crippen molar-refractivity contribution in [2.45, 2.75) is 67.8 Å². The molecule has 3 atom stereocenters. The van der Waals surface area contributed by atoms with Gasteiger partial charge in [-0.25, -0.2) is 0 Å². The largest absolute Gasteiger partial charge is 0.459 e. The fourth-order valence-corrected chi connectivity index (χ4v) is 10.5. The number of carbonyl (C=O) groups is 1. The minimum Gasteiger partial charge on any atom is -0.459 e. The average molecular weight is 511 g/mol. The van der Waals surface area contributed by atoms with Crippen LogP contribution in [0, 0.1) is 17.8 Å². The van der Waals surface area contributed by atoms with Gasteiger partial charge in [-0.2, -0.15) is 0 Å². The van der Waals surface area contributed by atoms with Gasteiger partial charge in [-0.15, -0.1) is 0 Å². The van der Waals surface area contributed by atoms with Crippen LogP contribution in [0.2, 0.25) is 0 Å². The molecule has 0 radical (unpaired) electrons. The highest BCUT2D eigenvalue weighted by Gasteiger charge is 2.61. The van der Waals surface area contributed by atoms with Crippen LogP contribution in [-0.2, 0) is 14.9 Å². The van der Waals surface area contributed by atoms with Gasteiger partial charge in [0.05, 0.1) is 5.92 Å². The molecule has 0 amide bonds. The molecule has 2 heteroatoms. The second kappa shape index (κ2) is 7.84. The van der Waals surface area contributed by atoms with Crippen molar-refractivity contribution in [1.29, 1.82) is 0 Å². The molecule has 0 saturated heterocycles. The molecule has 7 aliphatic rings. The highest BCUT2D eigenvalue weighted by atomic mass is 16.6. The van der Waals surface area contributed by atoms with Gasteiger partial charge in [-0.05, 0) is 95.4 Å². The monoisotopic (exact) mass is 510 g/mol. The number of fused-ring (bicyclic) bond motifs is 2. The van der Waals surface area contributed by atoms with Crippen LogP contribution in [0.15, 0.2) is 91.0 Å². The van der Waals surface area contributed by atoms with Crippen molar-refractivity contribution in [3.8, 4) is 0 Å². The van der Waals surface area contributed by atoms with E-state index in [2.05, 4.69) is 91.0 Å². The lowest BCUT2D eigenvalue weighted by Gasteiger charge is -2.62.